The van der Waals surface area contributed by atoms with E-state index in [1.807, 2.05) is 0 Å². The SMILES string of the molecule is CCCCC=CCCCCCCCC(=O)NC(=O)NCCCC. The van der Waals surface area contributed by atoms with Gasteiger partial charge in [-0.05, 0) is 32.1 Å². The van der Waals surface area contributed by atoms with Crippen LogP contribution in [0.15, 0.2) is 12.2 Å². The molecule has 0 aliphatic carbocycles. The highest BCUT2D eigenvalue weighted by atomic mass is 16.2. The Kier molecular flexibility index (Phi) is 16.1. The number of carbonyl (C=O) groups is 2. The van der Waals surface area contributed by atoms with Crippen LogP contribution in [0, 0.1) is 0 Å². The molecule has 3 amide bonds. The molecule has 0 saturated carbocycles. The van der Waals surface area contributed by atoms with E-state index in [1.165, 1.54) is 44.9 Å². The summed E-state index contributed by atoms with van der Waals surface area (Å²) in [5.74, 6) is -0.169. The third kappa shape index (κ3) is 16.9. The molecule has 0 aromatic rings. The van der Waals surface area contributed by atoms with Crippen LogP contribution >= 0.6 is 0 Å². The zero-order valence-corrected chi connectivity index (χ0v) is 15.2. The maximum absolute atomic E-state index is 11.6. The number of rotatable bonds is 14. The average molecular weight is 325 g/mol. The molecule has 0 fully saturated rings. The topological polar surface area (TPSA) is 58.2 Å². The maximum Gasteiger partial charge on any atom is 0.321 e. The number of unbranched alkanes of at least 4 members (excludes halogenated alkanes) is 8. The number of hydrogen-bond donors (Lipinski definition) is 2. The van der Waals surface area contributed by atoms with Gasteiger partial charge >= 0.3 is 6.03 Å². The Labute approximate surface area is 142 Å². The summed E-state index contributed by atoms with van der Waals surface area (Å²) in [6, 6.07) is -0.363. The van der Waals surface area contributed by atoms with Gasteiger partial charge in [-0.3, -0.25) is 10.1 Å². The first-order chi connectivity index (χ1) is 11.2. The number of amides is 3. The summed E-state index contributed by atoms with van der Waals surface area (Å²) in [6.07, 6.45) is 17.5. The highest BCUT2D eigenvalue weighted by molar-refractivity contribution is 5.94. The number of imide groups is 1. The molecule has 4 heteroatoms. The van der Waals surface area contributed by atoms with E-state index in [1.54, 1.807) is 0 Å². The molecule has 0 bridgehead atoms. The molecule has 0 aromatic heterocycles. The molecule has 0 rings (SSSR count). The van der Waals surface area contributed by atoms with E-state index in [4.69, 9.17) is 0 Å². The third-order valence-electron chi connectivity index (χ3n) is 3.73. The first-order valence-electron chi connectivity index (χ1n) is 9.43. The normalized spacial score (nSPS) is 10.9. The lowest BCUT2D eigenvalue weighted by atomic mass is 10.1. The Bertz CT molecular complexity index is 327. The Morgan fingerprint density at radius 3 is 2.09 bits per heavy atom. The Morgan fingerprint density at radius 2 is 1.39 bits per heavy atom. The van der Waals surface area contributed by atoms with Crippen molar-refractivity contribution in [2.75, 3.05) is 6.54 Å². The molecule has 0 aliphatic heterocycles. The van der Waals surface area contributed by atoms with Crippen molar-refractivity contribution in [3.8, 4) is 0 Å². The number of hydrogen-bond acceptors (Lipinski definition) is 2. The zero-order valence-electron chi connectivity index (χ0n) is 15.2. The summed E-state index contributed by atoms with van der Waals surface area (Å²) in [7, 11) is 0. The molecular weight excluding hydrogens is 288 g/mol. The molecule has 0 heterocycles. The first-order valence-corrected chi connectivity index (χ1v) is 9.43. The fraction of sp³-hybridized carbons (Fsp3) is 0.789. The highest BCUT2D eigenvalue weighted by Gasteiger charge is 2.06. The van der Waals surface area contributed by atoms with E-state index in [9.17, 15) is 9.59 Å². The number of allylic oxidation sites excluding steroid dienone is 2. The second-order valence-corrected chi connectivity index (χ2v) is 6.08. The second kappa shape index (κ2) is 17.0. The summed E-state index contributed by atoms with van der Waals surface area (Å²) in [6.45, 7) is 4.91. The van der Waals surface area contributed by atoms with Crippen LogP contribution in [0.4, 0.5) is 4.79 Å². The maximum atomic E-state index is 11.6. The van der Waals surface area contributed by atoms with Gasteiger partial charge in [0.2, 0.25) is 5.91 Å². The van der Waals surface area contributed by atoms with Gasteiger partial charge in [0.15, 0.2) is 0 Å². The lowest BCUT2D eigenvalue weighted by Gasteiger charge is -2.06. The summed E-state index contributed by atoms with van der Waals surface area (Å²) in [4.78, 5) is 22.9. The minimum Gasteiger partial charge on any atom is -0.338 e. The van der Waals surface area contributed by atoms with Gasteiger partial charge < -0.3 is 5.32 Å². The van der Waals surface area contributed by atoms with E-state index in [2.05, 4.69) is 36.6 Å². The van der Waals surface area contributed by atoms with Gasteiger partial charge in [0.1, 0.15) is 0 Å². The van der Waals surface area contributed by atoms with E-state index in [0.29, 0.717) is 13.0 Å². The molecule has 0 unspecified atom stereocenters. The molecule has 2 N–H and O–H groups in total. The lowest BCUT2D eigenvalue weighted by molar-refractivity contribution is -0.120. The molecule has 4 nitrogen and oxygen atoms in total. The largest absolute Gasteiger partial charge is 0.338 e. The number of nitrogens with one attached hydrogen (secondary N) is 2. The van der Waals surface area contributed by atoms with Crippen LogP contribution in [-0.2, 0) is 4.79 Å². The van der Waals surface area contributed by atoms with Crippen LogP contribution in [0.1, 0.15) is 90.9 Å². The molecular formula is C19H36N2O2. The van der Waals surface area contributed by atoms with Crippen molar-refractivity contribution in [1.29, 1.82) is 0 Å². The van der Waals surface area contributed by atoms with E-state index >= 15 is 0 Å². The minimum absolute atomic E-state index is 0.169. The predicted molar refractivity (Wildman–Crippen MR) is 97.4 cm³/mol. The molecule has 0 atom stereocenters. The van der Waals surface area contributed by atoms with Crippen molar-refractivity contribution < 1.29 is 9.59 Å². The smallest absolute Gasteiger partial charge is 0.321 e. The van der Waals surface area contributed by atoms with Crippen molar-refractivity contribution in [1.82, 2.24) is 10.6 Å². The standard InChI is InChI=1S/C19H36N2O2/c1-3-5-7-8-9-10-11-12-13-14-15-16-18(22)21-19(23)20-17-6-4-2/h8-9H,3-7,10-17H2,1-2H3,(H2,20,21,22,23). The van der Waals surface area contributed by atoms with Crippen LogP contribution in [0.3, 0.4) is 0 Å². The van der Waals surface area contributed by atoms with E-state index in [-0.39, 0.29) is 11.9 Å². The van der Waals surface area contributed by atoms with Crippen LogP contribution in [0.5, 0.6) is 0 Å². The van der Waals surface area contributed by atoms with Gasteiger partial charge in [0, 0.05) is 13.0 Å². The van der Waals surface area contributed by atoms with E-state index < -0.39 is 0 Å². The fourth-order valence-corrected chi connectivity index (χ4v) is 2.25. The van der Waals surface area contributed by atoms with Crippen LogP contribution in [0.2, 0.25) is 0 Å². The number of urea groups is 1. The van der Waals surface area contributed by atoms with Crippen molar-refractivity contribution in [3.63, 3.8) is 0 Å². The van der Waals surface area contributed by atoms with E-state index in [0.717, 1.165) is 25.7 Å². The van der Waals surface area contributed by atoms with Gasteiger partial charge in [-0.1, -0.05) is 64.5 Å². The van der Waals surface area contributed by atoms with Crippen LogP contribution in [-0.4, -0.2) is 18.5 Å². The van der Waals surface area contributed by atoms with Crippen molar-refractivity contribution in [3.05, 3.63) is 12.2 Å². The van der Waals surface area contributed by atoms with Crippen LogP contribution in [0.25, 0.3) is 0 Å². The molecule has 0 aromatic carbocycles. The zero-order chi connectivity index (χ0) is 17.2. The summed E-state index contributed by atoms with van der Waals surface area (Å²) in [5.41, 5.74) is 0. The lowest BCUT2D eigenvalue weighted by Crippen LogP contribution is -2.39. The Hall–Kier alpha value is -1.32. The Morgan fingerprint density at radius 1 is 0.783 bits per heavy atom. The molecule has 134 valence electrons. The van der Waals surface area contributed by atoms with Crippen molar-refractivity contribution in [2.45, 2.75) is 90.9 Å². The fourth-order valence-electron chi connectivity index (χ4n) is 2.25. The van der Waals surface area contributed by atoms with Gasteiger partial charge in [0.25, 0.3) is 0 Å². The predicted octanol–water partition coefficient (Wildman–Crippen LogP) is 5.09. The van der Waals surface area contributed by atoms with Gasteiger partial charge in [-0.25, -0.2) is 4.79 Å². The molecule has 0 saturated heterocycles. The van der Waals surface area contributed by atoms with Gasteiger partial charge in [0.05, 0.1) is 0 Å². The summed E-state index contributed by atoms with van der Waals surface area (Å²) in [5, 5.41) is 5.06. The highest BCUT2D eigenvalue weighted by Crippen LogP contribution is 2.08. The van der Waals surface area contributed by atoms with Gasteiger partial charge in [-0.15, -0.1) is 0 Å². The molecule has 0 aliphatic rings. The number of carbonyl (C=O) groups excluding carboxylic acids is 2. The van der Waals surface area contributed by atoms with Gasteiger partial charge in [-0.2, -0.15) is 0 Å². The Balaban J connectivity index is 3.35. The van der Waals surface area contributed by atoms with Crippen molar-refractivity contribution in [2.24, 2.45) is 0 Å². The van der Waals surface area contributed by atoms with Crippen LogP contribution < -0.4 is 10.6 Å². The second-order valence-electron chi connectivity index (χ2n) is 6.08. The molecule has 0 radical (unpaired) electrons. The minimum atomic E-state index is -0.363. The quantitative estimate of drug-likeness (QED) is 0.345. The summed E-state index contributed by atoms with van der Waals surface area (Å²) < 4.78 is 0. The van der Waals surface area contributed by atoms with Crippen molar-refractivity contribution >= 4 is 11.9 Å². The summed E-state index contributed by atoms with van der Waals surface area (Å²) >= 11 is 0. The third-order valence-corrected chi connectivity index (χ3v) is 3.73. The first kappa shape index (κ1) is 21.7. The molecule has 23 heavy (non-hydrogen) atoms. The molecule has 0 spiro atoms. The average Bonchev–Trinajstić information content (AvgIpc) is 2.52. The monoisotopic (exact) mass is 324 g/mol.